The minimum absolute atomic E-state index is 0.294. The number of hydrogen-bond donors (Lipinski definition) is 0. The zero-order valence-electron chi connectivity index (χ0n) is 14.2. The van der Waals surface area contributed by atoms with Gasteiger partial charge in [-0.15, -0.1) is 0 Å². The summed E-state index contributed by atoms with van der Waals surface area (Å²) < 4.78 is 2.70. The molecule has 4 rings (SSSR count). The van der Waals surface area contributed by atoms with Crippen LogP contribution in [0.4, 0.5) is 0 Å². The van der Waals surface area contributed by atoms with Crippen molar-refractivity contribution in [1.82, 2.24) is 9.24 Å². The summed E-state index contributed by atoms with van der Waals surface area (Å²) in [6.45, 7) is 1.24. The highest BCUT2D eigenvalue weighted by molar-refractivity contribution is 5.69. The molecular weight excluding hydrogens is 328 g/mol. The molecule has 1 aromatic heterocycles. The molecule has 1 aliphatic rings. The Morgan fingerprint density at radius 2 is 1.62 bits per heavy atom. The quantitative estimate of drug-likeness (QED) is 0.720. The zero-order chi connectivity index (χ0) is 17.9. The smallest absolute Gasteiger partial charge is 0.272 e. The lowest BCUT2D eigenvalue weighted by atomic mass is 10.1. The molecule has 0 aliphatic carbocycles. The first-order chi connectivity index (χ1) is 12.7. The summed E-state index contributed by atoms with van der Waals surface area (Å²) in [6.07, 6.45) is 3.72. The second kappa shape index (κ2) is 6.84. The van der Waals surface area contributed by atoms with Crippen LogP contribution >= 0.6 is 0 Å². The van der Waals surface area contributed by atoms with E-state index < -0.39 is 5.69 Å². The van der Waals surface area contributed by atoms with Gasteiger partial charge in [0.25, 0.3) is 5.56 Å². The fraction of sp³-hybridized carbons (Fsp3) is 0.150. The Kier molecular flexibility index (Phi) is 4.23. The van der Waals surface area contributed by atoms with Crippen molar-refractivity contribution in [2.45, 2.75) is 6.42 Å². The first-order valence-corrected chi connectivity index (χ1v) is 8.48. The molecule has 1 aliphatic heterocycles. The first kappa shape index (κ1) is 16.1. The van der Waals surface area contributed by atoms with Gasteiger partial charge in [0, 0.05) is 18.2 Å². The highest BCUT2D eigenvalue weighted by Crippen LogP contribution is 2.08. The summed E-state index contributed by atoms with van der Waals surface area (Å²) in [7, 11) is 0. The van der Waals surface area contributed by atoms with Crippen LogP contribution in [0.1, 0.15) is 11.1 Å². The van der Waals surface area contributed by atoms with Crippen molar-refractivity contribution in [3.8, 4) is 5.69 Å². The van der Waals surface area contributed by atoms with E-state index in [4.69, 9.17) is 0 Å². The molecule has 26 heavy (non-hydrogen) atoms. The van der Waals surface area contributed by atoms with Crippen LogP contribution in [0, 0.1) is 0 Å². The van der Waals surface area contributed by atoms with Gasteiger partial charge < -0.3 is 0 Å². The zero-order valence-corrected chi connectivity index (χ0v) is 14.2. The van der Waals surface area contributed by atoms with Gasteiger partial charge in [0.2, 0.25) is 0 Å². The topological polar surface area (TPSA) is 59.6 Å². The van der Waals surface area contributed by atoms with Gasteiger partial charge in [0.15, 0.2) is 0 Å². The fourth-order valence-corrected chi connectivity index (χ4v) is 3.05. The van der Waals surface area contributed by atoms with Crippen molar-refractivity contribution in [1.29, 1.82) is 0 Å². The number of para-hydroxylation sites is 1. The summed E-state index contributed by atoms with van der Waals surface area (Å²) in [5.74, 6) is 0. The lowest BCUT2D eigenvalue weighted by molar-refractivity contribution is 0.652. The van der Waals surface area contributed by atoms with Gasteiger partial charge in [-0.3, -0.25) is 14.8 Å². The van der Waals surface area contributed by atoms with Gasteiger partial charge in [0.05, 0.1) is 18.8 Å². The van der Waals surface area contributed by atoms with Crippen LogP contribution in [0.5, 0.6) is 0 Å². The molecule has 0 saturated carbocycles. The van der Waals surface area contributed by atoms with E-state index in [1.807, 2.05) is 48.5 Å². The van der Waals surface area contributed by atoms with Crippen molar-refractivity contribution < 1.29 is 0 Å². The minimum atomic E-state index is -0.397. The van der Waals surface area contributed by atoms with Crippen LogP contribution in [0.2, 0.25) is 0 Å². The van der Waals surface area contributed by atoms with E-state index >= 15 is 0 Å². The Hall–Kier alpha value is -3.41. The summed E-state index contributed by atoms with van der Waals surface area (Å²) in [5, 5.41) is 1.73. The Bertz CT molecular complexity index is 1050. The Balaban J connectivity index is 1.91. The monoisotopic (exact) mass is 346 g/mol. The van der Waals surface area contributed by atoms with Gasteiger partial charge in [-0.2, -0.15) is 0 Å². The van der Waals surface area contributed by atoms with E-state index in [-0.39, 0.29) is 5.56 Å². The van der Waals surface area contributed by atoms with Gasteiger partial charge in [0.1, 0.15) is 6.34 Å². The molecule has 0 N–H and O–H groups in total. The third-order valence-corrected chi connectivity index (χ3v) is 4.34. The van der Waals surface area contributed by atoms with Crippen LogP contribution in [0.3, 0.4) is 0 Å². The predicted molar refractivity (Wildman–Crippen MR) is 102 cm³/mol. The van der Waals surface area contributed by atoms with E-state index in [9.17, 15) is 9.59 Å². The fourth-order valence-electron chi connectivity index (χ4n) is 3.05. The molecule has 0 saturated heterocycles. The van der Waals surface area contributed by atoms with E-state index in [1.54, 1.807) is 29.7 Å². The second-order valence-electron chi connectivity index (χ2n) is 6.10. The number of nitrogens with zero attached hydrogens (tertiary/aromatic N) is 4. The van der Waals surface area contributed by atoms with Gasteiger partial charge >= 0.3 is 5.69 Å². The van der Waals surface area contributed by atoms with Crippen LogP contribution in [-0.4, -0.2) is 28.7 Å². The summed E-state index contributed by atoms with van der Waals surface area (Å²) >= 11 is 0. The maximum atomic E-state index is 13.1. The molecule has 0 atom stereocenters. The minimum Gasteiger partial charge on any atom is -0.272 e. The van der Waals surface area contributed by atoms with Crippen molar-refractivity contribution in [3.05, 3.63) is 98.8 Å². The number of aliphatic imine (C=N–C) groups is 1. The number of hydrogen-bond acceptors (Lipinski definition) is 4. The van der Waals surface area contributed by atoms with Crippen LogP contribution < -0.4 is 16.3 Å². The first-order valence-electron chi connectivity index (χ1n) is 8.48. The maximum absolute atomic E-state index is 13.1. The highest BCUT2D eigenvalue weighted by atomic mass is 16.2. The van der Waals surface area contributed by atoms with Gasteiger partial charge in [-0.25, -0.2) is 14.0 Å². The molecule has 0 spiro atoms. The Morgan fingerprint density at radius 1 is 0.923 bits per heavy atom. The third kappa shape index (κ3) is 2.97. The Morgan fingerprint density at radius 3 is 2.27 bits per heavy atom. The lowest BCUT2D eigenvalue weighted by Gasteiger charge is -2.20. The van der Waals surface area contributed by atoms with E-state index in [1.165, 1.54) is 9.24 Å². The van der Waals surface area contributed by atoms with E-state index in [2.05, 4.69) is 4.99 Å². The number of rotatable bonds is 4. The standard InChI is InChI=1S/C20H18N4O2/c25-19-17(13-16-7-3-1-4-8-16)14-23(22-12-11-21-15-22)20(26)24(19)18-9-5-2-6-10-18/h1-10,14-15H,11-13H2. The summed E-state index contributed by atoms with van der Waals surface area (Å²) in [6, 6.07) is 18.8. The molecule has 2 aromatic carbocycles. The molecule has 130 valence electrons. The van der Waals surface area contributed by atoms with Crippen molar-refractivity contribution in [2.24, 2.45) is 4.99 Å². The molecule has 0 bridgehead atoms. The largest absolute Gasteiger partial charge is 0.354 e. The summed E-state index contributed by atoms with van der Waals surface area (Å²) in [5.41, 5.74) is 1.44. The Labute approximate surface area is 150 Å². The molecule has 3 aromatic rings. The van der Waals surface area contributed by atoms with Crippen LogP contribution in [-0.2, 0) is 6.42 Å². The predicted octanol–water partition coefficient (Wildman–Crippen LogP) is 1.57. The van der Waals surface area contributed by atoms with Crippen molar-refractivity contribution in [3.63, 3.8) is 0 Å². The second-order valence-corrected chi connectivity index (χ2v) is 6.10. The molecule has 0 radical (unpaired) electrons. The molecule has 6 heteroatoms. The van der Waals surface area contributed by atoms with E-state index in [0.717, 1.165) is 5.56 Å². The van der Waals surface area contributed by atoms with Crippen LogP contribution in [0.25, 0.3) is 5.69 Å². The highest BCUT2D eigenvalue weighted by Gasteiger charge is 2.17. The summed E-state index contributed by atoms with van der Waals surface area (Å²) in [4.78, 5) is 30.2. The van der Waals surface area contributed by atoms with Crippen LogP contribution in [0.15, 0.2) is 81.4 Å². The third-order valence-electron chi connectivity index (χ3n) is 4.34. The lowest BCUT2D eigenvalue weighted by Crippen LogP contribution is -2.48. The molecule has 6 nitrogen and oxygen atoms in total. The average Bonchev–Trinajstić information content (AvgIpc) is 3.20. The molecular formula is C20H18N4O2. The SMILES string of the molecule is O=c1c(Cc2ccccc2)cn(N2C=NCC2)c(=O)n1-c1ccccc1. The number of benzene rings is 2. The van der Waals surface area contributed by atoms with Crippen molar-refractivity contribution in [2.75, 3.05) is 18.1 Å². The van der Waals surface area contributed by atoms with E-state index in [0.29, 0.717) is 30.8 Å². The van der Waals surface area contributed by atoms with Gasteiger partial charge in [-0.05, 0) is 17.7 Å². The molecule has 0 unspecified atom stereocenters. The average molecular weight is 346 g/mol. The molecule has 0 amide bonds. The molecule has 2 heterocycles. The van der Waals surface area contributed by atoms with Crippen molar-refractivity contribution >= 4 is 6.34 Å². The maximum Gasteiger partial charge on any atom is 0.354 e. The van der Waals surface area contributed by atoms with Gasteiger partial charge in [-0.1, -0.05) is 48.5 Å². The molecule has 0 fully saturated rings. The normalized spacial score (nSPS) is 13.3. The number of aromatic nitrogens is 2.